The Hall–Kier alpha value is -7.63. The molecule has 1 amide bonds. The molecule has 4 aromatic rings. The number of hydrogen-bond donors (Lipinski definition) is 5. The lowest BCUT2D eigenvalue weighted by Gasteiger charge is -2.47. The molecular weight excluding hydrogens is 1530 g/mol. The van der Waals surface area contributed by atoms with Gasteiger partial charge in [-0.2, -0.15) is 0 Å². The number of hydrogen-bond acceptors (Lipinski definition) is 27. The van der Waals surface area contributed by atoms with Gasteiger partial charge in [-0.05, 0) is 197 Å². The first-order chi connectivity index (χ1) is 55.1. The number of unbranched alkanes of at least 4 members (excludes halogenated alkanes) is 2. The molecule has 2 aromatic heterocycles. The number of amides is 1. The molecule has 4 saturated heterocycles. The van der Waals surface area contributed by atoms with Gasteiger partial charge in [-0.25, -0.2) is 23.2 Å². The Kier molecular flexibility index (Phi) is 33.7. The Morgan fingerprint density at radius 1 is 0.610 bits per heavy atom. The highest BCUT2D eigenvalue weighted by atomic mass is 19.1. The second-order valence-corrected chi connectivity index (χ2v) is 34.8. The maximum Gasteiger partial charge on any atom is 0.410 e. The highest BCUT2D eigenvalue weighted by Crippen LogP contribution is 2.46. The van der Waals surface area contributed by atoms with Crippen molar-refractivity contribution in [1.82, 2.24) is 44.7 Å². The second-order valence-electron chi connectivity index (χ2n) is 34.8. The van der Waals surface area contributed by atoms with Gasteiger partial charge < -0.3 is 84.7 Å². The first-order valence-electron chi connectivity index (χ1n) is 41.4. The molecule has 0 saturated carbocycles. The number of nitrogens with zero attached hydrogens (tertiary/aromatic N) is 9. The van der Waals surface area contributed by atoms with Gasteiger partial charge in [0.15, 0.2) is 35.5 Å². The van der Waals surface area contributed by atoms with Crippen LogP contribution in [0.25, 0.3) is 22.5 Å². The summed E-state index contributed by atoms with van der Waals surface area (Å²) in [7, 11) is 10.4. The van der Waals surface area contributed by atoms with Crippen molar-refractivity contribution in [3.05, 3.63) is 72.6 Å². The Morgan fingerprint density at radius 2 is 1.05 bits per heavy atom. The number of ketones is 4. The average Bonchev–Trinajstić information content (AvgIpc) is 1.07. The van der Waals surface area contributed by atoms with Crippen molar-refractivity contribution in [3.63, 3.8) is 0 Å². The minimum Gasteiger partial charge on any atom is -0.456 e. The molecule has 118 heavy (non-hydrogen) atoms. The van der Waals surface area contributed by atoms with Crippen LogP contribution in [0.1, 0.15) is 182 Å². The number of nitrogens with two attached hydrogens (primary N) is 3. The maximum absolute atomic E-state index is 16.9. The predicted octanol–water partition coefficient (Wildman–Crippen LogP) is 9.91. The predicted molar refractivity (Wildman–Crippen MR) is 440 cm³/mol. The summed E-state index contributed by atoms with van der Waals surface area (Å²) in [6.07, 6.45) is 0.578. The molecule has 660 valence electrons. The van der Waals surface area contributed by atoms with Gasteiger partial charge in [-0.15, -0.1) is 10.2 Å². The Labute approximate surface area is 694 Å². The number of halogens is 2. The molecule has 7 heterocycles. The Bertz CT molecular complexity index is 4080. The van der Waals surface area contributed by atoms with Crippen LogP contribution in [0.4, 0.5) is 25.0 Å². The van der Waals surface area contributed by atoms with Crippen molar-refractivity contribution in [1.29, 1.82) is 0 Å². The smallest absolute Gasteiger partial charge is 0.410 e. The first kappa shape index (κ1) is 97.5. The van der Waals surface area contributed by atoms with Crippen molar-refractivity contribution >= 4 is 52.5 Å². The average molecular weight is 1660 g/mol. The van der Waals surface area contributed by atoms with Crippen LogP contribution >= 0.6 is 0 Å². The Balaban J connectivity index is 0.000000283. The van der Waals surface area contributed by atoms with Crippen LogP contribution < -0.4 is 17.2 Å². The number of fused-ring (bicyclic) bond motifs is 1. The van der Waals surface area contributed by atoms with Gasteiger partial charge in [0.25, 0.3) is 11.3 Å². The van der Waals surface area contributed by atoms with Crippen molar-refractivity contribution in [2.75, 3.05) is 67.0 Å². The van der Waals surface area contributed by atoms with Gasteiger partial charge >= 0.3 is 18.0 Å². The zero-order valence-corrected chi connectivity index (χ0v) is 73.6. The van der Waals surface area contributed by atoms with Gasteiger partial charge in [0.2, 0.25) is 0 Å². The zero-order chi connectivity index (χ0) is 88.2. The van der Waals surface area contributed by atoms with E-state index in [1.807, 2.05) is 113 Å². The van der Waals surface area contributed by atoms with Crippen LogP contribution in [0.2, 0.25) is 0 Å². The van der Waals surface area contributed by atoms with Gasteiger partial charge in [-0.1, -0.05) is 90.1 Å². The van der Waals surface area contributed by atoms with E-state index in [-0.39, 0.29) is 79.6 Å². The van der Waals surface area contributed by atoms with Crippen molar-refractivity contribution in [2.45, 2.75) is 302 Å². The quantitative estimate of drug-likeness (QED) is 0.0170. The fraction of sp³-hybridized carbons (Fsp3) is 0.709. The number of nitrogen functional groups attached to an aromatic ring is 2. The lowest BCUT2D eigenvalue weighted by molar-refractivity contribution is -0.295. The number of carbonyl (C=O) groups is 7. The Morgan fingerprint density at radius 3 is 1.51 bits per heavy atom. The van der Waals surface area contributed by atoms with Gasteiger partial charge in [0.05, 0.1) is 54.1 Å². The minimum absolute atomic E-state index is 0.0111. The van der Waals surface area contributed by atoms with E-state index < -0.39 is 142 Å². The van der Waals surface area contributed by atoms with E-state index in [1.54, 1.807) is 73.1 Å². The highest BCUT2D eigenvalue weighted by Gasteiger charge is 2.63. The van der Waals surface area contributed by atoms with Gasteiger partial charge in [-0.3, -0.25) is 28.5 Å². The number of methoxy groups -OCH3 is 2. The number of allylic oxidation sites excluding steroid dienone is 1. The van der Waals surface area contributed by atoms with E-state index in [1.165, 1.54) is 46.0 Å². The van der Waals surface area contributed by atoms with E-state index in [2.05, 4.69) is 25.5 Å². The first-order valence-corrected chi connectivity index (χ1v) is 41.4. The van der Waals surface area contributed by atoms with Crippen LogP contribution in [0.5, 0.6) is 0 Å². The third-order valence-corrected chi connectivity index (χ3v) is 24.5. The van der Waals surface area contributed by atoms with Crippen LogP contribution in [0, 0.1) is 35.5 Å². The molecule has 24 atom stereocenters. The SMILES string of the molecule is CC[C@H]1OC(=O)[C@@](C)(F)C(=O)[C@H](C)[C@@H](OC2OC(C)CC(N(C)C)C2C)[C@](C)(OC)C[C@@H](C)C(=O)/C(C)=C/[C@]1(C)O.CC[C@H]1OC(=O)[C@@](C)(F)C(=O)[C@H](C)[C@@H](OC2OC(C)CC(N(C)C)C2O)[C@](C)(OC)C[C@@H](C)C(=O)[C@H](C)[C@H]2N(CCCCn3cc(-c4cccc(N)c4)nn3)C(=O)O[C@]12C.NCCCCn1cc(-c2cccc(N)c2)nn1. The molecular formula is C86H134F2N12O18. The number of alkyl halides is 2. The van der Waals surface area contributed by atoms with Crippen LogP contribution in [0.15, 0.2) is 72.6 Å². The summed E-state index contributed by atoms with van der Waals surface area (Å²) < 4.78 is 91.3. The van der Waals surface area contributed by atoms with Crippen LogP contribution in [-0.4, -0.2) is 259 Å². The number of benzene rings is 2. The van der Waals surface area contributed by atoms with Crippen LogP contribution in [-0.2, 0) is 84.5 Å². The lowest BCUT2D eigenvalue weighted by Crippen LogP contribution is -2.61. The third kappa shape index (κ3) is 22.7. The molecule has 5 aliphatic rings. The molecule has 0 radical (unpaired) electrons. The summed E-state index contributed by atoms with van der Waals surface area (Å²) in [4.78, 5) is 103. The van der Waals surface area contributed by atoms with E-state index in [0.717, 1.165) is 68.7 Å². The number of carbonyl (C=O) groups excluding carboxylic acids is 7. The number of ether oxygens (including phenoxy) is 9. The van der Waals surface area contributed by atoms with Crippen LogP contribution in [0.3, 0.4) is 0 Å². The standard InChI is InChI=1S/C43H65FN6O10.C31H52FNO8.C12H17N5/c1-12-32-43(8)35(50(40(55)60-43)19-14-13-18-49-23-30(46-47-49)28-16-15-17-29(45)21-28)26(4)33(51)24(2)22-41(6,56-11)37(27(5)36(53)42(7,44)39(54)58-32)59-38-34(52)31(48(9)10)20-25(3)57-38;1-13-23-29(7,37)15-17(2)24(34)18(3)16-30(8,38-12)26(21(6)25(35)31(9,32)28(36)40-23)41-27-20(5)22(33(10)11)14-19(4)39-27;13-6-1-2-7-17-9-12(15-16-17)10-4-3-5-11(14)8-10/h15-17,21,23-27,31-32,34-35,37-38,52H,12-14,18-20,22,45H2,1-11H3;15,18-23,26-27,37H,13-14,16H2,1-12H3;3-5,8-9H,1-2,6-7,13-14H2/b;17-15+;/t24-,25?,26+,27+,31?,32-,34?,35-,37-,38?,41-,42+,43-;18-,19?,20?,21+,22?,23-,26-,27?,29+,30-,31+;/m11./s1. The van der Waals surface area contributed by atoms with Gasteiger partial charge in [0.1, 0.15) is 41.1 Å². The molecule has 0 spiro atoms. The normalized spacial score (nSPS) is 36.1. The second kappa shape index (κ2) is 40.8. The summed E-state index contributed by atoms with van der Waals surface area (Å²) in [5.41, 5.74) is 9.75. The molecule has 9 rings (SSSR count). The van der Waals surface area contributed by atoms with Crippen molar-refractivity contribution in [2.24, 2.45) is 41.2 Å². The summed E-state index contributed by atoms with van der Waals surface area (Å²) in [6.45, 7) is 29.1. The topological polar surface area (TPSA) is 392 Å². The number of Topliss-reactive ketones (excluding diaryl/α,β-unsaturated/α-hetero) is 4. The molecule has 32 heteroatoms. The number of esters is 2. The highest BCUT2D eigenvalue weighted by molar-refractivity contribution is 6.08. The summed E-state index contributed by atoms with van der Waals surface area (Å²) in [5, 5.41) is 39.3. The van der Waals surface area contributed by atoms with Crippen molar-refractivity contribution < 1.29 is 95.2 Å². The number of aryl methyl sites for hydroxylation is 2. The fourth-order valence-electron chi connectivity index (χ4n) is 17.6. The number of likely N-dealkylation sites (N-methyl/N-ethyl adjacent to an activating group) is 1. The summed E-state index contributed by atoms with van der Waals surface area (Å²) in [5.74, 6) is -10.5. The number of aliphatic hydroxyl groups excluding tert-OH is 1. The monoisotopic (exact) mass is 1660 g/mol. The maximum atomic E-state index is 16.9. The van der Waals surface area contributed by atoms with E-state index in [0.29, 0.717) is 37.2 Å². The minimum atomic E-state index is -3.19. The molecule has 8 unspecified atom stereocenters. The van der Waals surface area contributed by atoms with Gasteiger partial charge in [0, 0.05) is 104 Å². The van der Waals surface area contributed by atoms with Crippen molar-refractivity contribution in [3.8, 4) is 22.5 Å². The van der Waals surface area contributed by atoms with E-state index >= 15 is 8.78 Å². The number of anilines is 2. The molecule has 0 aliphatic carbocycles. The number of rotatable bonds is 21. The number of aromatic nitrogens is 6. The molecule has 0 bridgehead atoms. The van der Waals surface area contributed by atoms with E-state index in [9.17, 15) is 43.8 Å². The zero-order valence-electron chi connectivity index (χ0n) is 73.6. The summed E-state index contributed by atoms with van der Waals surface area (Å²) >= 11 is 0. The number of cyclic esters (lactones) is 2. The summed E-state index contributed by atoms with van der Waals surface area (Å²) in [6, 6.07) is 13.8. The number of aliphatic hydroxyl groups is 2. The molecule has 4 fully saturated rings. The van der Waals surface area contributed by atoms with E-state index in [4.69, 9.17) is 59.8 Å². The molecule has 8 N–H and O–H groups in total. The molecule has 5 aliphatic heterocycles. The largest absolute Gasteiger partial charge is 0.456 e. The molecule has 30 nitrogen and oxygen atoms in total. The third-order valence-electron chi connectivity index (χ3n) is 24.5. The molecule has 2 aromatic carbocycles. The lowest BCUT2D eigenvalue weighted by atomic mass is 9.73. The fourth-order valence-corrected chi connectivity index (χ4v) is 17.6.